The Morgan fingerprint density at radius 2 is 2.06 bits per heavy atom. The SMILES string of the molecule is CC1CC(NC(=O)OC(C)(C)C)CN(c2cc(-c3ccc(C#N)c(F)c3)nc(N)n2)C1. The van der Waals surface area contributed by atoms with Crippen molar-refractivity contribution in [2.24, 2.45) is 5.92 Å². The minimum absolute atomic E-state index is 0.0353. The van der Waals surface area contributed by atoms with Gasteiger partial charge in [-0.15, -0.1) is 0 Å². The summed E-state index contributed by atoms with van der Waals surface area (Å²) in [7, 11) is 0. The average molecular weight is 426 g/mol. The molecular weight excluding hydrogens is 399 g/mol. The number of hydrogen-bond acceptors (Lipinski definition) is 7. The monoisotopic (exact) mass is 426 g/mol. The largest absolute Gasteiger partial charge is 0.444 e. The summed E-state index contributed by atoms with van der Waals surface area (Å²) >= 11 is 0. The van der Waals surface area contributed by atoms with Gasteiger partial charge in [0.15, 0.2) is 0 Å². The Labute approximate surface area is 181 Å². The van der Waals surface area contributed by atoms with Gasteiger partial charge in [-0.2, -0.15) is 10.2 Å². The van der Waals surface area contributed by atoms with Crippen molar-refractivity contribution in [3.8, 4) is 17.3 Å². The lowest BCUT2D eigenvalue weighted by Gasteiger charge is -2.37. The third kappa shape index (κ3) is 5.81. The first-order valence-electron chi connectivity index (χ1n) is 10.1. The topological polar surface area (TPSA) is 117 Å². The predicted octanol–water partition coefficient (Wildman–Crippen LogP) is 3.48. The summed E-state index contributed by atoms with van der Waals surface area (Å²) in [6, 6.07) is 7.71. The first-order valence-corrected chi connectivity index (χ1v) is 10.1. The predicted molar refractivity (Wildman–Crippen MR) is 116 cm³/mol. The van der Waals surface area contributed by atoms with Crippen LogP contribution in [0.15, 0.2) is 24.3 Å². The number of rotatable bonds is 3. The highest BCUT2D eigenvalue weighted by Gasteiger charge is 2.29. The summed E-state index contributed by atoms with van der Waals surface area (Å²) in [6.45, 7) is 8.81. The van der Waals surface area contributed by atoms with Crippen molar-refractivity contribution in [1.29, 1.82) is 5.26 Å². The molecule has 1 saturated heterocycles. The fourth-order valence-corrected chi connectivity index (χ4v) is 3.65. The molecule has 2 atom stereocenters. The highest BCUT2D eigenvalue weighted by atomic mass is 19.1. The number of hydrogen-bond donors (Lipinski definition) is 2. The lowest BCUT2D eigenvalue weighted by atomic mass is 9.96. The smallest absolute Gasteiger partial charge is 0.407 e. The first-order chi connectivity index (χ1) is 14.5. The fraction of sp³-hybridized carbons (Fsp3) is 0.455. The quantitative estimate of drug-likeness (QED) is 0.771. The maximum atomic E-state index is 14.1. The van der Waals surface area contributed by atoms with Gasteiger partial charge in [-0.25, -0.2) is 14.2 Å². The molecule has 2 unspecified atom stereocenters. The third-order valence-corrected chi connectivity index (χ3v) is 4.82. The molecule has 0 spiro atoms. The minimum atomic E-state index is -0.619. The van der Waals surface area contributed by atoms with Crippen LogP contribution in [0, 0.1) is 23.1 Å². The van der Waals surface area contributed by atoms with Crippen LogP contribution in [-0.2, 0) is 4.74 Å². The molecule has 1 aromatic heterocycles. The summed E-state index contributed by atoms with van der Waals surface area (Å²) in [5.41, 5.74) is 6.28. The molecule has 3 rings (SSSR count). The van der Waals surface area contributed by atoms with Crippen molar-refractivity contribution in [3.05, 3.63) is 35.6 Å². The van der Waals surface area contributed by atoms with Gasteiger partial charge in [0.25, 0.3) is 0 Å². The number of nitriles is 1. The Morgan fingerprint density at radius 3 is 2.71 bits per heavy atom. The van der Waals surface area contributed by atoms with Crippen molar-refractivity contribution in [3.63, 3.8) is 0 Å². The van der Waals surface area contributed by atoms with Crippen LogP contribution in [-0.4, -0.2) is 40.8 Å². The third-order valence-electron chi connectivity index (χ3n) is 4.82. The van der Waals surface area contributed by atoms with Crippen molar-refractivity contribution < 1.29 is 13.9 Å². The van der Waals surface area contributed by atoms with E-state index in [1.54, 1.807) is 18.2 Å². The summed E-state index contributed by atoms with van der Waals surface area (Å²) in [4.78, 5) is 22.8. The number of aromatic nitrogens is 2. The van der Waals surface area contributed by atoms with Crippen molar-refractivity contribution in [2.75, 3.05) is 23.7 Å². The molecule has 0 saturated carbocycles. The molecule has 164 valence electrons. The van der Waals surface area contributed by atoms with E-state index in [9.17, 15) is 9.18 Å². The number of nitrogens with zero attached hydrogens (tertiary/aromatic N) is 4. The molecule has 31 heavy (non-hydrogen) atoms. The van der Waals surface area contributed by atoms with Gasteiger partial charge in [0.05, 0.1) is 17.3 Å². The number of carbonyl (C=O) groups excluding carboxylic acids is 1. The maximum absolute atomic E-state index is 14.1. The van der Waals surface area contributed by atoms with E-state index in [1.807, 2.05) is 25.7 Å². The number of amides is 1. The van der Waals surface area contributed by atoms with E-state index >= 15 is 0 Å². The zero-order valence-corrected chi connectivity index (χ0v) is 18.1. The van der Waals surface area contributed by atoms with E-state index in [1.165, 1.54) is 12.1 Å². The fourth-order valence-electron chi connectivity index (χ4n) is 3.65. The van der Waals surface area contributed by atoms with Crippen LogP contribution in [0.1, 0.15) is 39.7 Å². The van der Waals surface area contributed by atoms with Gasteiger partial charge in [0.1, 0.15) is 23.3 Å². The number of nitrogens with two attached hydrogens (primary N) is 1. The van der Waals surface area contributed by atoms with Gasteiger partial charge in [0.2, 0.25) is 5.95 Å². The zero-order chi connectivity index (χ0) is 22.8. The van der Waals surface area contributed by atoms with Crippen molar-refractivity contribution in [2.45, 2.75) is 45.8 Å². The number of piperidine rings is 1. The van der Waals surface area contributed by atoms with Gasteiger partial charge < -0.3 is 20.7 Å². The van der Waals surface area contributed by atoms with E-state index in [0.717, 1.165) is 13.0 Å². The second-order valence-corrected chi connectivity index (χ2v) is 8.87. The van der Waals surface area contributed by atoms with Crippen LogP contribution in [0.5, 0.6) is 0 Å². The van der Waals surface area contributed by atoms with E-state index in [2.05, 4.69) is 22.2 Å². The van der Waals surface area contributed by atoms with Gasteiger partial charge in [-0.05, 0) is 45.2 Å². The number of benzene rings is 1. The van der Waals surface area contributed by atoms with Gasteiger partial charge in [-0.1, -0.05) is 13.0 Å². The number of nitrogens with one attached hydrogen (secondary N) is 1. The molecule has 1 aliphatic heterocycles. The van der Waals surface area contributed by atoms with E-state index in [0.29, 0.717) is 29.5 Å². The molecule has 3 N–H and O–H groups in total. The van der Waals surface area contributed by atoms with Crippen molar-refractivity contribution >= 4 is 17.9 Å². The number of alkyl carbamates (subject to hydrolysis) is 1. The zero-order valence-electron chi connectivity index (χ0n) is 18.1. The lowest BCUT2D eigenvalue weighted by Crippen LogP contribution is -2.51. The highest BCUT2D eigenvalue weighted by Crippen LogP contribution is 2.27. The lowest BCUT2D eigenvalue weighted by molar-refractivity contribution is 0.0495. The molecule has 2 aromatic rings. The van der Waals surface area contributed by atoms with Crippen LogP contribution in [0.4, 0.5) is 21.0 Å². The number of nitrogen functional groups attached to an aromatic ring is 1. The molecule has 0 aliphatic carbocycles. The Kier molecular flexibility index (Phi) is 6.29. The van der Waals surface area contributed by atoms with Crippen LogP contribution in [0.3, 0.4) is 0 Å². The molecule has 0 radical (unpaired) electrons. The highest BCUT2D eigenvalue weighted by molar-refractivity contribution is 5.68. The van der Waals surface area contributed by atoms with Crippen LogP contribution in [0.25, 0.3) is 11.3 Å². The minimum Gasteiger partial charge on any atom is -0.444 e. The summed E-state index contributed by atoms with van der Waals surface area (Å²) in [6.07, 6.45) is 0.354. The molecule has 1 aromatic carbocycles. The first kappa shape index (κ1) is 22.3. The number of carbonyl (C=O) groups is 1. The summed E-state index contributed by atoms with van der Waals surface area (Å²) in [5, 5.41) is 11.9. The van der Waals surface area contributed by atoms with E-state index in [4.69, 9.17) is 15.7 Å². The molecule has 1 amide bonds. The van der Waals surface area contributed by atoms with E-state index < -0.39 is 17.5 Å². The Bertz CT molecular complexity index is 1010. The molecule has 1 aliphatic rings. The molecular formula is C22H27FN6O2. The molecule has 8 nitrogen and oxygen atoms in total. The Hall–Kier alpha value is -3.41. The molecule has 0 bridgehead atoms. The van der Waals surface area contributed by atoms with E-state index in [-0.39, 0.29) is 17.6 Å². The maximum Gasteiger partial charge on any atom is 0.407 e. The number of anilines is 2. The molecule has 2 heterocycles. The average Bonchev–Trinajstić information content (AvgIpc) is 2.65. The van der Waals surface area contributed by atoms with Gasteiger partial charge >= 0.3 is 6.09 Å². The molecule has 1 fully saturated rings. The number of ether oxygens (including phenoxy) is 1. The Morgan fingerprint density at radius 1 is 1.32 bits per heavy atom. The van der Waals surface area contributed by atoms with Crippen LogP contribution in [0.2, 0.25) is 0 Å². The van der Waals surface area contributed by atoms with Crippen LogP contribution >= 0.6 is 0 Å². The van der Waals surface area contributed by atoms with Crippen LogP contribution < -0.4 is 16.0 Å². The second kappa shape index (κ2) is 8.76. The Balaban J connectivity index is 1.82. The molecule has 9 heteroatoms. The summed E-state index contributed by atoms with van der Waals surface area (Å²) < 4.78 is 19.4. The standard InChI is InChI=1S/C22H27FN6O2/c1-13-7-16(26-21(30)31-22(2,3)4)12-29(11-13)19-9-18(27-20(25)28-19)14-5-6-15(10-24)17(23)8-14/h5-6,8-9,13,16H,7,11-12H2,1-4H3,(H,26,30)(H2,25,27,28). The summed E-state index contributed by atoms with van der Waals surface area (Å²) in [5.74, 6) is 0.328. The van der Waals surface area contributed by atoms with Gasteiger partial charge in [-0.3, -0.25) is 0 Å². The van der Waals surface area contributed by atoms with Crippen molar-refractivity contribution in [1.82, 2.24) is 15.3 Å². The number of halogens is 1. The normalized spacial score (nSPS) is 18.9. The van der Waals surface area contributed by atoms with Gasteiger partial charge in [0, 0.05) is 24.7 Å². The second-order valence-electron chi connectivity index (χ2n) is 8.87.